The van der Waals surface area contributed by atoms with Crippen molar-refractivity contribution in [3.8, 4) is 11.5 Å². The molecule has 1 aliphatic heterocycles. The van der Waals surface area contributed by atoms with Crippen LogP contribution >= 0.6 is 0 Å². The number of hydrogen-bond donors (Lipinski definition) is 1. The van der Waals surface area contributed by atoms with Crippen molar-refractivity contribution in [1.82, 2.24) is 0 Å². The minimum atomic E-state index is -0.498. The van der Waals surface area contributed by atoms with Crippen molar-refractivity contribution in [2.75, 3.05) is 11.9 Å². The maximum atomic E-state index is 12.6. The highest BCUT2D eigenvalue weighted by atomic mass is 16.6. The summed E-state index contributed by atoms with van der Waals surface area (Å²) < 4.78 is 11.4. The van der Waals surface area contributed by atoms with Crippen LogP contribution in [0.3, 0.4) is 0 Å². The second kappa shape index (κ2) is 7.03. The summed E-state index contributed by atoms with van der Waals surface area (Å²) in [6.45, 7) is 5.92. The number of hydrogen-bond acceptors (Lipinski definition) is 5. The van der Waals surface area contributed by atoms with Gasteiger partial charge >= 0.3 is 0 Å². The largest absolute Gasteiger partial charge is 0.492 e. The van der Waals surface area contributed by atoms with Crippen molar-refractivity contribution in [3.63, 3.8) is 0 Å². The van der Waals surface area contributed by atoms with Crippen molar-refractivity contribution >= 4 is 17.3 Å². The molecule has 0 aromatic heterocycles. The molecule has 0 aliphatic carbocycles. The molecule has 0 saturated heterocycles. The van der Waals surface area contributed by atoms with Crippen LogP contribution in [-0.4, -0.2) is 23.5 Å². The Morgan fingerprint density at radius 3 is 2.85 bits per heavy atom. The Hall–Kier alpha value is -3.09. The molecule has 0 saturated carbocycles. The van der Waals surface area contributed by atoms with E-state index < -0.39 is 10.8 Å². The third-order valence-corrected chi connectivity index (χ3v) is 4.21. The third kappa shape index (κ3) is 3.46. The van der Waals surface area contributed by atoms with Crippen LogP contribution in [0.5, 0.6) is 11.5 Å². The summed E-state index contributed by atoms with van der Waals surface area (Å²) in [5.74, 6) is 0.824. The normalized spacial score (nSPS) is 15.1. The number of fused-ring (bicyclic) bond motifs is 1. The van der Waals surface area contributed by atoms with E-state index in [-0.39, 0.29) is 17.4 Å². The SMILES string of the molecule is CCOc1cc2c(cc1NC(=O)c1ccc(C)c([N+](=O)[O-])c1)OC(C)C2. The zero-order valence-electron chi connectivity index (χ0n) is 14.9. The Kier molecular flexibility index (Phi) is 4.79. The molecule has 0 bridgehead atoms. The molecule has 136 valence electrons. The summed E-state index contributed by atoms with van der Waals surface area (Å²) in [7, 11) is 0. The van der Waals surface area contributed by atoms with E-state index in [1.807, 2.05) is 19.9 Å². The van der Waals surface area contributed by atoms with Crippen molar-refractivity contribution in [1.29, 1.82) is 0 Å². The maximum absolute atomic E-state index is 12.6. The number of amides is 1. The Labute approximate surface area is 151 Å². The number of carbonyl (C=O) groups excluding carboxylic acids is 1. The van der Waals surface area contributed by atoms with Gasteiger partial charge in [-0.05, 0) is 32.9 Å². The topological polar surface area (TPSA) is 90.7 Å². The Bertz CT molecular complexity index is 878. The number of nitro benzene ring substituents is 1. The molecule has 2 aromatic carbocycles. The molecule has 2 aromatic rings. The molecular formula is C19H20N2O5. The van der Waals surface area contributed by atoms with Crippen LogP contribution in [0, 0.1) is 17.0 Å². The molecule has 1 atom stereocenters. The summed E-state index contributed by atoms with van der Waals surface area (Å²) >= 11 is 0. The fourth-order valence-electron chi connectivity index (χ4n) is 2.95. The van der Waals surface area contributed by atoms with E-state index >= 15 is 0 Å². The fourth-order valence-corrected chi connectivity index (χ4v) is 2.95. The molecule has 1 N–H and O–H groups in total. The highest BCUT2D eigenvalue weighted by Gasteiger charge is 2.23. The zero-order chi connectivity index (χ0) is 18.8. The minimum absolute atomic E-state index is 0.0742. The standard InChI is InChI=1S/C19H20N2O5/c1-4-25-18-9-14-7-12(3)26-17(14)10-15(18)20-19(22)13-6-5-11(2)16(8-13)21(23)24/h5-6,8-10,12H,4,7H2,1-3H3,(H,20,22). The predicted octanol–water partition coefficient (Wildman–Crippen LogP) is 3.88. The summed E-state index contributed by atoms with van der Waals surface area (Å²) in [5.41, 5.74) is 2.13. The summed E-state index contributed by atoms with van der Waals surface area (Å²) in [6, 6.07) is 8.00. The van der Waals surface area contributed by atoms with E-state index in [9.17, 15) is 14.9 Å². The first-order valence-electron chi connectivity index (χ1n) is 8.41. The van der Waals surface area contributed by atoms with E-state index in [2.05, 4.69) is 5.32 Å². The maximum Gasteiger partial charge on any atom is 0.273 e. The number of ether oxygens (including phenoxy) is 2. The summed E-state index contributed by atoms with van der Waals surface area (Å²) in [5, 5.41) is 13.9. The molecule has 1 heterocycles. The van der Waals surface area contributed by atoms with Gasteiger partial charge in [-0.1, -0.05) is 6.07 Å². The van der Waals surface area contributed by atoms with Gasteiger partial charge < -0.3 is 14.8 Å². The first-order chi connectivity index (χ1) is 12.4. The van der Waals surface area contributed by atoms with E-state index in [1.54, 1.807) is 25.1 Å². The minimum Gasteiger partial charge on any atom is -0.492 e. The monoisotopic (exact) mass is 356 g/mol. The number of aryl methyl sites for hydroxylation is 1. The molecule has 1 unspecified atom stereocenters. The van der Waals surface area contributed by atoms with E-state index in [0.717, 1.165) is 12.0 Å². The summed E-state index contributed by atoms with van der Waals surface area (Å²) in [4.78, 5) is 23.2. The van der Waals surface area contributed by atoms with Crippen molar-refractivity contribution in [3.05, 3.63) is 57.1 Å². The van der Waals surface area contributed by atoms with Crippen molar-refractivity contribution < 1.29 is 19.2 Å². The molecule has 0 spiro atoms. The van der Waals surface area contributed by atoms with Gasteiger partial charge in [-0.25, -0.2) is 0 Å². The van der Waals surface area contributed by atoms with Crippen LogP contribution in [0.15, 0.2) is 30.3 Å². The van der Waals surface area contributed by atoms with Gasteiger partial charge in [0.1, 0.15) is 17.6 Å². The van der Waals surface area contributed by atoms with Crippen LogP contribution in [0.4, 0.5) is 11.4 Å². The van der Waals surface area contributed by atoms with Crippen molar-refractivity contribution in [2.24, 2.45) is 0 Å². The molecular weight excluding hydrogens is 336 g/mol. The lowest BCUT2D eigenvalue weighted by atomic mass is 10.1. The number of nitrogens with one attached hydrogen (secondary N) is 1. The molecule has 7 nitrogen and oxygen atoms in total. The second-order valence-electron chi connectivity index (χ2n) is 6.23. The molecule has 1 amide bonds. The zero-order valence-corrected chi connectivity index (χ0v) is 14.9. The number of carbonyl (C=O) groups is 1. The Morgan fingerprint density at radius 2 is 2.15 bits per heavy atom. The number of benzene rings is 2. The number of rotatable bonds is 5. The van der Waals surface area contributed by atoms with Gasteiger partial charge in [0.25, 0.3) is 11.6 Å². The van der Waals surface area contributed by atoms with Gasteiger partial charge in [0.05, 0.1) is 17.2 Å². The molecule has 0 radical (unpaired) electrons. The molecule has 3 rings (SSSR count). The van der Waals surface area contributed by atoms with Gasteiger partial charge in [0.2, 0.25) is 0 Å². The van der Waals surface area contributed by atoms with Gasteiger partial charge in [-0.2, -0.15) is 0 Å². The first kappa shape index (κ1) is 17.7. The summed E-state index contributed by atoms with van der Waals surface area (Å²) in [6.07, 6.45) is 0.860. The highest BCUT2D eigenvalue weighted by Crippen LogP contribution is 2.38. The number of nitro groups is 1. The predicted molar refractivity (Wildman–Crippen MR) is 97.2 cm³/mol. The van der Waals surface area contributed by atoms with Crippen LogP contribution in [0.25, 0.3) is 0 Å². The van der Waals surface area contributed by atoms with Gasteiger partial charge in [-0.15, -0.1) is 0 Å². The average Bonchev–Trinajstić information content (AvgIpc) is 2.94. The molecule has 0 fully saturated rings. The first-order valence-corrected chi connectivity index (χ1v) is 8.41. The quantitative estimate of drug-likeness (QED) is 0.648. The lowest BCUT2D eigenvalue weighted by molar-refractivity contribution is -0.385. The molecule has 1 aliphatic rings. The Balaban J connectivity index is 1.91. The number of anilines is 1. The lowest BCUT2D eigenvalue weighted by Gasteiger charge is -2.13. The smallest absolute Gasteiger partial charge is 0.273 e. The second-order valence-corrected chi connectivity index (χ2v) is 6.23. The van der Waals surface area contributed by atoms with Crippen LogP contribution < -0.4 is 14.8 Å². The Morgan fingerprint density at radius 1 is 1.38 bits per heavy atom. The van der Waals surface area contributed by atoms with Crippen LogP contribution in [0.1, 0.15) is 35.3 Å². The average molecular weight is 356 g/mol. The molecule has 26 heavy (non-hydrogen) atoms. The van der Waals surface area contributed by atoms with Crippen LogP contribution in [-0.2, 0) is 6.42 Å². The van der Waals surface area contributed by atoms with Crippen LogP contribution in [0.2, 0.25) is 0 Å². The van der Waals surface area contributed by atoms with Gasteiger partial charge in [0, 0.05) is 35.2 Å². The highest BCUT2D eigenvalue weighted by molar-refractivity contribution is 6.05. The van der Waals surface area contributed by atoms with Crippen molar-refractivity contribution in [2.45, 2.75) is 33.3 Å². The fraction of sp³-hybridized carbons (Fsp3) is 0.316. The molecule has 7 heteroatoms. The lowest BCUT2D eigenvalue weighted by Crippen LogP contribution is -2.13. The van der Waals surface area contributed by atoms with E-state index in [1.165, 1.54) is 6.07 Å². The van der Waals surface area contributed by atoms with Gasteiger partial charge in [-0.3, -0.25) is 14.9 Å². The van der Waals surface area contributed by atoms with E-state index in [0.29, 0.717) is 29.4 Å². The third-order valence-electron chi connectivity index (χ3n) is 4.21. The number of nitrogens with zero attached hydrogens (tertiary/aromatic N) is 1. The van der Waals surface area contributed by atoms with Gasteiger partial charge in [0.15, 0.2) is 0 Å². The van der Waals surface area contributed by atoms with E-state index in [4.69, 9.17) is 9.47 Å².